The molecule has 1 atom stereocenters. The Morgan fingerprint density at radius 1 is 1.16 bits per heavy atom. The van der Waals surface area contributed by atoms with Gasteiger partial charge in [0.2, 0.25) is 0 Å². The van der Waals surface area contributed by atoms with E-state index in [2.05, 4.69) is 41.9 Å². The van der Waals surface area contributed by atoms with Crippen LogP contribution in [-0.4, -0.2) is 0 Å². The molecule has 100 valence electrons. The summed E-state index contributed by atoms with van der Waals surface area (Å²) in [6.07, 6.45) is 0.752. The number of benzene rings is 2. The second-order valence-corrected chi connectivity index (χ2v) is 6.12. The highest BCUT2D eigenvalue weighted by atomic mass is 79.9. The van der Waals surface area contributed by atoms with E-state index in [1.165, 1.54) is 16.7 Å². The molecule has 0 aliphatic rings. The summed E-state index contributed by atoms with van der Waals surface area (Å²) in [6, 6.07) is 12.1. The first-order valence-corrected chi connectivity index (χ1v) is 7.41. The molecule has 0 saturated heterocycles. The number of nitrogens with two attached hydrogens (primary N) is 1. The lowest BCUT2D eigenvalue weighted by atomic mass is 9.94. The van der Waals surface area contributed by atoms with Crippen LogP contribution >= 0.6 is 27.5 Å². The number of hydrogen-bond donors (Lipinski definition) is 1. The fourth-order valence-electron chi connectivity index (χ4n) is 2.21. The largest absolute Gasteiger partial charge is 0.324 e. The van der Waals surface area contributed by atoms with Crippen LogP contribution in [0.25, 0.3) is 0 Å². The Kier molecular flexibility index (Phi) is 4.67. The van der Waals surface area contributed by atoms with Gasteiger partial charge in [0.15, 0.2) is 0 Å². The minimum absolute atomic E-state index is 0.0355. The summed E-state index contributed by atoms with van der Waals surface area (Å²) in [6.45, 7) is 4.17. The maximum Gasteiger partial charge on any atom is 0.0438 e. The lowest BCUT2D eigenvalue weighted by Crippen LogP contribution is -2.15. The Balaban J connectivity index is 2.28. The van der Waals surface area contributed by atoms with Gasteiger partial charge in [0, 0.05) is 15.5 Å². The summed E-state index contributed by atoms with van der Waals surface area (Å²) in [5.41, 5.74) is 11.0. The molecule has 2 aromatic rings. The van der Waals surface area contributed by atoms with Crippen molar-refractivity contribution in [1.29, 1.82) is 0 Å². The second kappa shape index (κ2) is 6.08. The molecule has 0 aliphatic heterocycles. The van der Waals surface area contributed by atoms with Crippen LogP contribution < -0.4 is 5.73 Å². The van der Waals surface area contributed by atoms with Crippen molar-refractivity contribution >= 4 is 27.5 Å². The topological polar surface area (TPSA) is 26.0 Å². The van der Waals surface area contributed by atoms with Crippen molar-refractivity contribution in [2.75, 3.05) is 0 Å². The number of aryl methyl sites for hydroxylation is 2. The molecule has 1 unspecified atom stereocenters. The van der Waals surface area contributed by atoms with Gasteiger partial charge >= 0.3 is 0 Å². The Morgan fingerprint density at radius 3 is 2.53 bits per heavy atom. The Morgan fingerprint density at radius 2 is 1.84 bits per heavy atom. The monoisotopic (exact) mass is 337 g/mol. The molecule has 3 heteroatoms. The molecule has 1 nitrogen and oxygen atoms in total. The van der Waals surface area contributed by atoms with Gasteiger partial charge in [-0.15, -0.1) is 0 Å². The van der Waals surface area contributed by atoms with Crippen LogP contribution in [0.3, 0.4) is 0 Å². The molecular formula is C16H17BrClN. The third-order valence-electron chi connectivity index (χ3n) is 3.34. The predicted molar refractivity (Wildman–Crippen MR) is 85.7 cm³/mol. The molecule has 0 saturated carbocycles. The molecule has 0 heterocycles. The molecule has 0 amide bonds. The van der Waals surface area contributed by atoms with E-state index in [0.29, 0.717) is 0 Å². The fourth-order valence-corrected chi connectivity index (χ4v) is 2.88. The predicted octanol–water partition coefficient (Wildman–Crippen LogP) is 4.96. The summed E-state index contributed by atoms with van der Waals surface area (Å²) in [4.78, 5) is 0. The summed E-state index contributed by atoms with van der Waals surface area (Å²) >= 11 is 9.73. The molecule has 0 spiro atoms. The van der Waals surface area contributed by atoms with Crippen LogP contribution in [0.2, 0.25) is 5.02 Å². The first-order chi connectivity index (χ1) is 8.99. The Hall–Kier alpha value is -0.830. The maximum absolute atomic E-state index is 6.34. The van der Waals surface area contributed by atoms with Crippen LogP contribution in [0.1, 0.15) is 28.3 Å². The fraction of sp³-hybridized carbons (Fsp3) is 0.250. The third kappa shape index (κ3) is 3.38. The van der Waals surface area contributed by atoms with Crippen molar-refractivity contribution in [2.45, 2.75) is 26.3 Å². The van der Waals surface area contributed by atoms with Gasteiger partial charge in [0.1, 0.15) is 0 Å². The van der Waals surface area contributed by atoms with Crippen LogP contribution in [0, 0.1) is 13.8 Å². The summed E-state index contributed by atoms with van der Waals surface area (Å²) in [7, 11) is 0. The maximum atomic E-state index is 6.34. The molecular weight excluding hydrogens is 322 g/mol. The average Bonchev–Trinajstić information content (AvgIpc) is 2.36. The SMILES string of the molecule is Cc1cc(C(N)Cc2ccccc2Cl)c(C)cc1Br. The van der Waals surface area contributed by atoms with Gasteiger partial charge in [0.05, 0.1) is 0 Å². The van der Waals surface area contributed by atoms with Gasteiger partial charge in [-0.05, 0) is 54.7 Å². The molecule has 0 radical (unpaired) electrons. The Labute approximate surface area is 127 Å². The Bertz CT molecular complexity index is 595. The lowest BCUT2D eigenvalue weighted by molar-refractivity contribution is 0.715. The minimum Gasteiger partial charge on any atom is -0.324 e. The van der Waals surface area contributed by atoms with Gasteiger partial charge in [-0.1, -0.05) is 51.8 Å². The van der Waals surface area contributed by atoms with Gasteiger partial charge in [-0.2, -0.15) is 0 Å². The normalized spacial score (nSPS) is 12.5. The van der Waals surface area contributed by atoms with E-state index in [1.54, 1.807) is 0 Å². The van der Waals surface area contributed by atoms with Crippen LogP contribution in [-0.2, 0) is 6.42 Å². The number of halogens is 2. The van der Waals surface area contributed by atoms with E-state index in [9.17, 15) is 0 Å². The average molecular weight is 339 g/mol. The zero-order chi connectivity index (χ0) is 14.0. The van der Waals surface area contributed by atoms with Crippen LogP contribution in [0.15, 0.2) is 40.9 Å². The zero-order valence-corrected chi connectivity index (χ0v) is 13.4. The summed E-state index contributed by atoms with van der Waals surface area (Å²) < 4.78 is 1.12. The van der Waals surface area contributed by atoms with E-state index in [1.807, 2.05) is 24.3 Å². The van der Waals surface area contributed by atoms with Crippen LogP contribution in [0.5, 0.6) is 0 Å². The van der Waals surface area contributed by atoms with E-state index < -0.39 is 0 Å². The van der Waals surface area contributed by atoms with Crippen molar-refractivity contribution in [3.63, 3.8) is 0 Å². The molecule has 2 N–H and O–H groups in total. The van der Waals surface area contributed by atoms with Gasteiger partial charge in [-0.3, -0.25) is 0 Å². The van der Waals surface area contributed by atoms with Gasteiger partial charge < -0.3 is 5.73 Å². The van der Waals surface area contributed by atoms with E-state index in [0.717, 1.165) is 21.5 Å². The molecule has 0 aliphatic carbocycles. The molecule has 0 fully saturated rings. The van der Waals surface area contributed by atoms with E-state index in [-0.39, 0.29) is 6.04 Å². The minimum atomic E-state index is -0.0355. The molecule has 0 aromatic heterocycles. The first kappa shape index (κ1) is 14.6. The third-order valence-corrected chi connectivity index (χ3v) is 4.57. The second-order valence-electron chi connectivity index (χ2n) is 4.86. The lowest BCUT2D eigenvalue weighted by Gasteiger charge is -2.17. The summed E-state index contributed by atoms with van der Waals surface area (Å²) in [5, 5.41) is 0.782. The van der Waals surface area contributed by atoms with Crippen molar-refractivity contribution in [1.82, 2.24) is 0 Å². The molecule has 2 aromatic carbocycles. The summed E-state index contributed by atoms with van der Waals surface area (Å²) in [5.74, 6) is 0. The van der Waals surface area contributed by atoms with Crippen molar-refractivity contribution < 1.29 is 0 Å². The smallest absolute Gasteiger partial charge is 0.0438 e. The van der Waals surface area contributed by atoms with E-state index >= 15 is 0 Å². The highest BCUT2D eigenvalue weighted by molar-refractivity contribution is 9.10. The highest BCUT2D eigenvalue weighted by Crippen LogP contribution is 2.27. The number of rotatable bonds is 3. The van der Waals surface area contributed by atoms with Crippen molar-refractivity contribution in [2.24, 2.45) is 5.73 Å². The van der Waals surface area contributed by atoms with Crippen molar-refractivity contribution in [3.05, 3.63) is 68.1 Å². The van der Waals surface area contributed by atoms with Gasteiger partial charge in [0.25, 0.3) is 0 Å². The van der Waals surface area contributed by atoms with Gasteiger partial charge in [-0.25, -0.2) is 0 Å². The highest BCUT2D eigenvalue weighted by Gasteiger charge is 2.13. The first-order valence-electron chi connectivity index (χ1n) is 6.24. The molecule has 2 rings (SSSR count). The van der Waals surface area contributed by atoms with E-state index in [4.69, 9.17) is 17.3 Å². The quantitative estimate of drug-likeness (QED) is 0.841. The number of hydrogen-bond acceptors (Lipinski definition) is 1. The van der Waals surface area contributed by atoms with Crippen molar-refractivity contribution in [3.8, 4) is 0 Å². The molecule has 19 heavy (non-hydrogen) atoms. The van der Waals surface area contributed by atoms with Crippen LogP contribution in [0.4, 0.5) is 0 Å². The standard InChI is InChI=1S/C16H17BrClN/c1-10-8-14(17)11(2)7-13(10)16(19)9-12-5-3-4-6-15(12)18/h3-8,16H,9,19H2,1-2H3. The molecule has 0 bridgehead atoms. The zero-order valence-electron chi connectivity index (χ0n) is 11.1.